The number of piperazine rings is 1. The summed E-state index contributed by atoms with van der Waals surface area (Å²) in [5, 5.41) is 3.18. The average Bonchev–Trinajstić information content (AvgIpc) is 2.42. The minimum atomic E-state index is -0.312. The quantitative estimate of drug-likeness (QED) is 0.855. The van der Waals surface area contributed by atoms with E-state index < -0.39 is 0 Å². The van der Waals surface area contributed by atoms with Gasteiger partial charge in [0.15, 0.2) is 0 Å². The van der Waals surface area contributed by atoms with Crippen LogP contribution in [0.2, 0.25) is 0 Å². The van der Waals surface area contributed by atoms with Gasteiger partial charge in [-0.1, -0.05) is 19.1 Å². The van der Waals surface area contributed by atoms with Crippen LogP contribution in [0.3, 0.4) is 0 Å². The molecule has 104 valence electrons. The third kappa shape index (κ3) is 3.11. The van der Waals surface area contributed by atoms with Crippen LogP contribution in [0.15, 0.2) is 24.3 Å². The van der Waals surface area contributed by atoms with Crippen LogP contribution in [0.4, 0.5) is 4.39 Å². The van der Waals surface area contributed by atoms with Crippen molar-refractivity contribution in [3.63, 3.8) is 0 Å². The second-order valence-electron chi connectivity index (χ2n) is 4.84. The molecular weight excluding hydrogens is 245 g/mol. The summed E-state index contributed by atoms with van der Waals surface area (Å²) in [6.07, 6.45) is 0.857. The van der Waals surface area contributed by atoms with Crippen molar-refractivity contribution >= 4 is 5.91 Å². The highest BCUT2D eigenvalue weighted by molar-refractivity contribution is 5.80. The smallest absolute Gasteiger partial charge is 0.236 e. The average molecular weight is 265 g/mol. The molecule has 3 N–H and O–H groups in total. The molecule has 1 heterocycles. The van der Waals surface area contributed by atoms with Crippen LogP contribution in [0.1, 0.15) is 24.9 Å². The molecule has 0 aromatic heterocycles. The van der Waals surface area contributed by atoms with Crippen LogP contribution in [-0.2, 0) is 4.79 Å². The summed E-state index contributed by atoms with van der Waals surface area (Å²) in [4.78, 5) is 13.7. The number of nitrogens with one attached hydrogen (secondary N) is 1. The number of carbonyl (C=O) groups is 1. The fourth-order valence-corrected chi connectivity index (χ4v) is 2.70. The first-order chi connectivity index (χ1) is 9.13. The number of nitrogens with two attached hydrogens (primary N) is 1. The van der Waals surface area contributed by atoms with E-state index in [0.29, 0.717) is 6.54 Å². The van der Waals surface area contributed by atoms with Crippen molar-refractivity contribution in [2.24, 2.45) is 5.73 Å². The maximum Gasteiger partial charge on any atom is 0.236 e. The van der Waals surface area contributed by atoms with E-state index in [-0.39, 0.29) is 23.8 Å². The Bertz CT molecular complexity index is 435. The first-order valence-electron chi connectivity index (χ1n) is 6.64. The van der Waals surface area contributed by atoms with E-state index in [4.69, 9.17) is 5.73 Å². The van der Waals surface area contributed by atoms with Crippen LogP contribution in [0.5, 0.6) is 0 Å². The van der Waals surface area contributed by atoms with Crippen molar-refractivity contribution in [3.8, 4) is 0 Å². The normalized spacial score (nSPS) is 22.1. The lowest BCUT2D eigenvalue weighted by Gasteiger charge is -2.39. The van der Waals surface area contributed by atoms with E-state index in [1.807, 2.05) is 0 Å². The van der Waals surface area contributed by atoms with Crippen molar-refractivity contribution in [1.82, 2.24) is 10.2 Å². The lowest BCUT2D eigenvalue weighted by atomic mass is 9.99. The number of benzene rings is 1. The highest BCUT2D eigenvalue weighted by Crippen LogP contribution is 2.27. The Morgan fingerprint density at radius 2 is 2.21 bits per heavy atom. The highest BCUT2D eigenvalue weighted by Gasteiger charge is 2.32. The summed E-state index contributed by atoms with van der Waals surface area (Å²) >= 11 is 0. The fraction of sp³-hybridized carbons (Fsp3) is 0.500. The number of hydrogen-bond acceptors (Lipinski definition) is 3. The molecule has 0 bridgehead atoms. The van der Waals surface area contributed by atoms with Crippen LogP contribution < -0.4 is 11.1 Å². The van der Waals surface area contributed by atoms with Gasteiger partial charge in [-0.05, 0) is 24.1 Å². The number of rotatable bonds is 4. The predicted octanol–water partition coefficient (Wildman–Crippen LogP) is 1.04. The molecule has 0 radical (unpaired) electrons. The molecule has 1 fully saturated rings. The molecule has 0 spiro atoms. The van der Waals surface area contributed by atoms with Crippen LogP contribution in [0, 0.1) is 5.82 Å². The second-order valence-corrected chi connectivity index (χ2v) is 4.84. The highest BCUT2D eigenvalue weighted by atomic mass is 19.1. The van der Waals surface area contributed by atoms with E-state index in [1.54, 1.807) is 12.1 Å². The Morgan fingerprint density at radius 3 is 2.79 bits per heavy atom. The molecular formula is C14H20FN3O. The molecule has 1 aromatic carbocycles. The van der Waals surface area contributed by atoms with Crippen LogP contribution in [-0.4, -0.2) is 36.5 Å². The zero-order valence-electron chi connectivity index (χ0n) is 11.1. The Balaban J connectivity index is 2.24. The summed E-state index contributed by atoms with van der Waals surface area (Å²) in [5.41, 5.74) is 6.50. The Hall–Kier alpha value is -1.46. The van der Waals surface area contributed by atoms with Gasteiger partial charge in [-0.25, -0.2) is 4.39 Å². The number of nitrogens with zero attached hydrogens (tertiary/aromatic N) is 1. The van der Waals surface area contributed by atoms with Gasteiger partial charge in [-0.15, -0.1) is 0 Å². The topological polar surface area (TPSA) is 58.4 Å². The molecule has 0 saturated carbocycles. The third-order valence-corrected chi connectivity index (χ3v) is 3.66. The molecule has 1 aromatic rings. The lowest BCUT2D eigenvalue weighted by molar-refractivity contribution is -0.125. The summed E-state index contributed by atoms with van der Waals surface area (Å²) in [7, 11) is 0. The number of halogens is 1. The van der Waals surface area contributed by atoms with Crippen molar-refractivity contribution in [1.29, 1.82) is 0 Å². The molecule has 2 rings (SSSR count). The fourth-order valence-electron chi connectivity index (χ4n) is 2.70. The maximum absolute atomic E-state index is 13.0. The van der Waals surface area contributed by atoms with Crippen LogP contribution in [0.25, 0.3) is 0 Å². The molecule has 1 aliphatic rings. The molecule has 4 nitrogen and oxygen atoms in total. The largest absolute Gasteiger partial charge is 0.368 e. The Morgan fingerprint density at radius 1 is 1.53 bits per heavy atom. The molecule has 5 heteroatoms. The molecule has 19 heavy (non-hydrogen) atoms. The van der Waals surface area contributed by atoms with Gasteiger partial charge >= 0.3 is 0 Å². The lowest BCUT2D eigenvalue weighted by Crippen LogP contribution is -2.57. The van der Waals surface area contributed by atoms with Crippen molar-refractivity contribution in [2.45, 2.75) is 25.4 Å². The third-order valence-electron chi connectivity index (χ3n) is 3.66. The first-order valence-corrected chi connectivity index (χ1v) is 6.64. The molecule has 2 unspecified atom stereocenters. The summed E-state index contributed by atoms with van der Waals surface area (Å²) in [6, 6.07) is 6.27. The minimum absolute atomic E-state index is 0.0974. The van der Waals surface area contributed by atoms with E-state index in [1.165, 1.54) is 12.1 Å². The van der Waals surface area contributed by atoms with Gasteiger partial charge in [0.25, 0.3) is 0 Å². The number of primary amides is 1. The number of amides is 1. The zero-order chi connectivity index (χ0) is 13.8. The predicted molar refractivity (Wildman–Crippen MR) is 72.0 cm³/mol. The van der Waals surface area contributed by atoms with Gasteiger partial charge < -0.3 is 11.1 Å². The maximum atomic E-state index is 13.0. The van der Waals surface area contributed by atoms with E-state index in [2.05, 4.69) is 17.1 Å². The standard InChI is InChI=1S/C14H20FN3O/c1-2-12(10-3-5-11(15)6-4-10)18-8-7-17-9-13(18)14(16)19/h3-6,12-13,17H,2,7-9H2,1H3,(H2,16,19). The second kappa shape index (κ2) is 6.12. The van der Waals surface area contributed by atoms with Gasteiger partial charge in [0.05, 0.1) is 0 Å². The van der Waals surface area contributed by atoms with Gasteiger partial charge in [-0.3, -0.25) is 9.69 Å². The zero-order valence-corrected chi connectivity index (χ0v) is 11.1. The Kier molecular flexibility index (Phi) is 4.50. The van der Waals surface area contributed by atoms with Crippen molar-refractivity contribution < 1.29 is 9.18 Å². The van der Waals surface area contributed by atoms with Crippen LogP contribution >= 0.6 is 0 Å². The Labute approximate surface area is 112 Å². The summed E-state index contributed by atoms with van der Waals surface area (Å²) in [5.74, 6) is -0.557. The summed E-state index contributed by atoms with van der Waals surface area (Å²) < 4.78 is 13.0. The molecule has 2 atom stereocenters. The van der Waals surface area contributed by atoms with E-state index in [0.717, 1.165) is 25.1 Å². The number of hydrogen-bond donors (Lipinski definition) is 2. The molecule has 1 amide bonds. The number of carbonyl (C=O) groups excluding carboxylic acids is 1. The SMILES string of the molecule is CCC(c1ccc(F)cc1)N1CCNCC1C(N)=O. The minimum Gasteiger partial charge on any atom is -0.368 e. The first kappa shape index (κ1) is 14.0. The van der Waals surface area contributed by atoms with E-state index >= 15 is 0 Å². The van der Waals surface area contributed by atoms with Gasteiger partial charge in [-0.2, -0.15) is 0 Å². The molecule has 1 saturated heterocycles. The van der Waals surface area contributed by atoms with Gasteiger partial charge in [0.1, 0.15) is 11.9 Å². The van der Waals surface area contributed by atoms with Crippen molar-refractivity contribution in [2.75, 3.05) is 19.6 Å². The monoisotopic (exact) mass is 265 g/mol. The summed E-state index contributed by atoms with van der Waals surface area (Å²) in [6.45, 7) is 4.24. The van der Waals surface area contributed by atoms with E-state index in [9.17, 15) is 9.18 Å². The molecule has 0 aliphatic carbocycles. The van der Waals surface area contributed by atoms with Crippen molar-refractivity contribution in [3.05, 3.63) is 35.6 Å². The van der Waals surface area contributed by atoms with Gasteiger partial charge in [0, 0.05) is 25.7 Å². The molecule has 1 aliphatic heterocycles. The van der Waals surface area contributed by atoms with Gasteiger partial charge in [0.2, 0.25) is 5.91 Å².